The summed E-state index contributed by atoms with van der Waals surface area (Å²) in [6.45, 7) is 0.268. The number of benzene rings is 2. The number of carbonyl (C=O) groups is 3. The van der Waals surface area contributed by atoms with Crippen molar-refractivity contribution < 1.29 is 24.0 Å². The summed E-state index contributed by atoms with van der Waals surface area (Å²) in [4.78, 5) is 52.3. The van der Waals surface area contributed by atoms with Gasteiger partial charge in [0.2, 0.25) is 5.91 Å². The maximum Gasteiger partial charge on any atom is 0.325 e. The summed E-state index contributed by atoms with van der Waals surface area (Å²) in [6, 6.07) is 10.8. The van der Waals surface area contributed by atoms with Crippen LogP contribution in [0.15, 0.2) is 42.5 Å². The first-order valence-corrected chi connectivity index (χ1v) is 10.3. The monoisotopic (exact) mass is 436 g/mol. The van der Waals surface area contributed by atoms with Crippen LogP contribution < -0.4 is 15.0 Å². The van der Waals surface area contributed by atoms with Crippen LogP contribution in [0.2, 0.25) is 0 Å². The normalized spacial score (nSPS) is 21.6. The Labute approximate surface area is 182 Å². The second-order valence-electron chi connectivity index (χ2n) is 8.04. The van der Waals surface area contributed by atoms with Crippen molar-refractivity contribution in [2.45, 2.75) is 24.8 Å². The van der Waals surface area contributed by atoms with Crippen molar-refractivity contribution in [3.8, 4) is 5.75 Å². The molecule has 3 aliphatic heterocycles. The zero-order valence-electron chi connectivity index (χ0n) is 17.1. The zero-order valence-corrected chi connectivity index (χ0v) is 17.1. The molecule has 5 rings (SSSR count). The van der Waals surface area contributed by atoms with Gasteiger partial charge < -0.3 is 15.0 Å². The first-order chi connectivity index (χ1) is 15.4. The van der Waals surface area contributed by atoms with Gasteiger partial charge in [-0.25, -0.2) is 4.79 Å². The van der Waals surface area contributed by atoms with Crippen LogP contribution in [-0.4, -0.2) is 47.4 Å². The van der Waals surface area contributed by atoms with Crippen molar-refractivity contribution in [1.82, 2.24) is 10.2 Å². The summed E-state index contributed by atoms with van der Waals surface area (Å²) in [5.74, 6) is -0.361. The molecule has 10 heteroatoms. The molecule has 1 spiro atoms. The molecule has 3 aliphatic rings. The number of ether oxygens (including phenoxy) is 1. The summed E-state index contributed by atoms with van der Waals surface area (Å²) >= 11 is 0. The van der Waals surface area contributed by atoms with Crippen molar-refractivity contribution in [1.29, 1.82) is 0 Å². The van der Waals surface area contributed by atoms with E-state index in [2.05, 4.69) is 5.32 Å². The number of anilines is 1. The van der Waals surface area contributed by atoms with E-state index in [-0.39, 0.29) is 18.7 Å². The van der Waals surface area contributed by atoms with Crippen molar-refractivity contribution in [2.24, 2.45) is 0 Å². The van der Waals surface area contributed by atoms with Gasteiger partial charge in [-0.3, -0.25) is 24.6 Å². The predicted octanol–water partition coefficient (Wildman–Crippen LogP) is 2.10. The number of aryl methyl sites for hydroxylation is 1. The minimum absolute atomic E-state index is 0.0349. The summed E-state index contributed by atoms with van der Waals surface area (Å²) in [7, 11) is 0. The zero-order chi connectivity index (χ0) is 22.5. The van der Waals surface area contributed by atoms with Crippen LogP contribution in [0.1, 0.15) is 24.0 Å². The Morgan fingerprint density at radius 2 is 2.03 bits per heavy atom. The van der Waals surface area contributed by atoms with E-state index in [1.165, 1.54) is 17.0 Å². The molecular formula is C22H20N4O6. The van der Waals surface area contributed by atoms with Gasteiger partial charge in [0.15, 0.2) is 5.54 Å². The lowest BCUT2D eigenvalue weighted by Gasteiger charge is -2.33. The molecule has 1 unspecified atom stereocenters. The fourth-order valence-corrected chi connectivity index (χ4v) is 4.69. The smallest absolute Gasteiger partial charge is 0.325 e. The maximum absolute atomic E-state index is 13.4. The maximum atomic E-state index is 13.4. The molecule has 1 N–H and O–H groups in total. The lowest BCUT2D eigenvalue weighted by atomic mass is 9.84. The molecule has 1 fully saturated rings. The first-order valence-electron chi connectivity index (χ1n) is 10.3. The molecule has 0 aromatic heterocycles. The number of nitrogens with one attached hydrogen (secondary N) is 1. The van der Waals surface area contributed by atoms with E-state index >= 15 is 0 Å². The first kappa shape index (κ1) is 20.0. The van der Waals surface area contributed by atoms with Crippen LogP contribution >= 0.6 is 0 Å². The molecule has 0 radical (unpaired) electrons. The molecule has 0 aliphatic carbocycles. The standard InChI is InChI=1S/C22H20N4O6/c27-19(24-10-3-4-14-12-15(26(30)31)7-8-17(14)24)13-25-20(28)22(23-21(25)29)9-11-32-18-6-2-1-5-16(18)22/h1-2,5-8,12H,3-4,9-11,13H2,(H,23,29). The number of urea groups is 1. The van der Waals surface area contributed by atoms with E-state index in [4.69, 9.17) is 4.74 Å². The van der Waals surface area contributed by atoms with Crippen LogP contribution in [0.3, 0.4) is 0 Å². The highest BCUT2D eigenvalue weighted by Gasteiger charge is 2.55. The summed E-state index contributed by atoms with van der Waals surface area (Å²) in [5.41, 5.74) is 0.574. The average Bonchev–Trinajstić information content (AvgIpc) is 3.03. The minimum Gasteiger partial charge on any atom is -0.493 e. The Bertz CT molecular complexity index is 1160. The SMILES string of the molecule is O=C1NC2(CCOc3ccccc32)C(=O)N1CC(=O)N1CCCc2cc([N+](=O)[O-])ccc21. The average molecular weight is 436 g/mol. The van der Waals surface area contributed by atoms with E-state index in [1.54, 1.807) is 30.3 Å². The van der Waals surface area contributed by atoms with Crippen LogP contribution in [-0.2, 0) is 21.5 Å². The van der Waals surface area contributed by atoms with Gasteiger partial charge in [0.05, 0.1) is 11.5 Å². The lowest BCUT2D eigenvalue weighted by Crippen LogP contribution is -2.48. The van der Waals surface area contributed by atoms with Crippen LogP contribution in [0.25, 0.3) is 0 Å². The second kappa shape index (κ2) is 7.33. The van der Waals surface area contributed by atoms with Gasteiger partial charge in [-0.05, 0) is 30.5 Å². The highest BCUT2D eigenvalue weighted by Crippen LogP contribution is 2.41. The molecule has 10 nitrogen and oxygen atoms in total. The summed E-state index contributed by atoms with van der Waals surface area (Å²) in [5, 5.41) is 13.9. The molecule has 0 bridgehead atoms. The number of nitro benzene ring substituents is 1. The lowest BCUT2D eigenvalue weighted by molar-refractivity contribution is -0.384. The molecule has 1 atom stereocenters. The second-order valence-corrected chi connectivity index (χ2v) is 8.04. The number of nitrogens with zero attached hydrogens (tertiary/aromatic N) is 3. The van der Waals surface area contributed by atoms with Crippen molar-refractivity contribution in [2.75, 3.05) is 24.6 Å². The van der Waals surface area contributed by atoms with E-state index < -0.39 is 34.9 Å². The number of non-ortho nitro benzene ring substituents is 1. The van der Waals surface area contributed by atoms with E-state index in [9.17, 15) is 24.5 Å². The quantitative estimate of drug-likeness (QED) is 0.447. The van der Waals surface area contributed by atoms with Gasteiger partial charge in [0.25, 0.3) is 11.6 Å². The fourth-order valence-electron chi connectivity index (χ4n) is 4.69. The third kappa shape index (κ3) is 2.98. The van der Waals surface area contributed by atoms with Crippen molar-refractivity contribution in [3.05, 3.63) is 63.7 Å². The van der Waals surface area contributed by atoms with Gasteiger partial charge >= 0.3 is 6.03 Å². The van der Waals surface area contributed by atoms with Crippen LogP contribution in [0, 0.1) is 10.1 Å². The molecule has 0 saturated carbocycles. The highest BCUT2D eigenvalue weighted by atomic mass is 16.6. The Hall–Kier alpha value is -3.95. The fraction of sp³-hybridized carbons (Fsp3) is 0.318. The van der Waals surface area contributed by atoms with Crippen molar-refractivity contribution in [3.63, 3.8) is 0 Å². The number of nitro groups is 1. The van der Waals surface area contributed by atoms with Gasteiger partial charge in [0, 0.05) is 36.3 Å². The van der Waals surface area contributed by atoms with Gasteiger partial charge in [-0.1, -0.05) is 18.2 Å². The largest absolute Gasteiger partial charge is 0.493 e. The number of fused-ring (bicyclic) bond motifs is 3. The number of imide groups is 1. The van der Waals surface area contributed by atoms with E-state index in [0.717, 1.165) is 4.90 Å². The topological polar surface area (TPSA) is 122 Å². The molecule has 32 heavy (non-hydrogen) atoms. The molecule has 1 saturated heterocycles. The number of hydrogen-bond acceptors (Lipinski definition) is 6. The number of hydrogen-bond donors (Lipinski definition) is 1. The number of rotatable bonds is 3. The Kier molecular flexibility index (Phi) is 4.58. The van der Waals surface area contributed by atoms with E-state index in [0.29, 0.717) is 42.0 Å². The third-order valence-electron chi connectivity index (χ3n) is 6.24. The van der Waals surface area contributed by atoms with Crippen LogP contribution in [0.5, 0.6) is 5.75 Å². The Balaban J connectivity index is 1.40. The molecule has 3 heterocycles. The van der Waals surface area contributed by atoms with Crippen LogP contribution in [0.4, 0.5) is 16.2 Å². The predicted molar refractivity (Wildman–Crippen MR) is 112 cm³/mol. The molecule has 2 aromatic carbocycles. The van der Waals surface area contributed by atoms with Gasteiger partial charge in [0.1, 0.15) is 12.3 Å². The van der Waals surface area contributed by atoms with E-state index in [1.807, 2.05) is 0 Å². The number of amides is 4. The number of carbonyl (C=O) groups excluding carboxylic acids is 3. The van der Waals surface area contributed by atoms with Gasteiger partial charge in [-0.2, -0.15) is 0 Å². The Morgan fingerprint density at radius 3 is 2.84 bits per heavy atom. The number of para-hydroxylation sites is 1. The highest BCUT2D eigenvalue weighted by molar-refractivity contribution is 6.11. The minimum atomic E-state index is -1.24. The molecule has 164 valence electrons. The summed E-state index contributed by atoms with van der Waals surface area (Å²) < 4.78 is 5.63. The molecule has 4 amide bonds. The molecule has 2 aromatic rings. The summed E-state index contributed by atoms with van der Waals surface area (Å²) in [6.07, 6.45) is 1.52. The van der Waals surface area contributed by atoms with Crippen molar-refractivity contribution >= 4 is 29.2 Å². The van der Waals surface area contributed by atoms with Gasteiger partial charge in [-0.15, -0.1) is 0 Å². The molecular weight excluding hydrogens is 416 g/mol. The Morgan fingerprint density at radius 1 is 1.22 bits per heavy atom. The third-order valence-corrected chi connectivity index (χ3v) is 6.24.